The van der Waals surface area contributed by atoms with E-state index in [-0.39, 0.29) is 0 Å². The highest BCUT2D eigenvalue weighted by Gasteiger charge is 2.28. The molecule has 3 aromatic rings. The fourth-order valence-electron chi connectivity index (χ4n) is 3.20. The third-order valence-electron chi connectivity index (χ3n) is 4.50. The Morgan fingerprint density at radius 1 is 1.00 bits per heavy atom. The summed E-state index contributed by atoms with van der Waals surface area (Å²) in [6, 6.07) is 15.0. The molecule has 0 spiro atoms. The zero-order chi connectivity index (χ0) is 16.7. The molecule has 124 valence electrons. The Morgan fingerprint density at radius 2 is 1.75 bits per heavy atom. The van der Waals surface area contributed by atoms with Crippen LogP contribution in [0.4, 0.5) is 0 Å². The molecule has 0 amide bonds. The van der Waals surface area contributed by atoms with Gasteiger partial charge in [0.1, 0.15) is 5.82 Å². The van der Waals surface area contributed by atoms with Crippen LogP contribution in [0.2, 0.25) is 0 Å². The number of benzene rings is 2. The fraction of sp³-hybridized carbons (Fsp3) is 0.278. The first-order valence-electron chi connectivity index (χ1n) is 8.07. The summed E-state index contributed by atoms with van der Waals surface area (Å²) in [4.78, 5) is 4.99. The van der Waals surface area contributed by atoms with Crippen LogP contribution in [0.15, 0.2) is 53.4 Å². The van der Waals surface area contributed by atoms with Crippen molar-refractivity contribution < 1.29 is 8.42 Å². The van der Waals surface area contributed by atoms with E-state index in [0.29, 0.717) is 18.0 Å². The van der Waals surface area contributed by atoms with Crippen LogP contribution >= 0.6 is 0 Å². The summed E-state index contributed by atoms with van der Waals surface area (Å²) in [5.74, 6) is 0.810. The Balaban J connectivity index is 1.73. The van der Waals surface area contributed by atoms with Crippen molar-refractivity contribution in [3.63, 3.8) is 0 Å². The smallest absolute Gasteiger partial charge is 0.243 e. The summed E-state index contributed by atoms with van der Waals surface area (Å²) < 4.78 is 29.6. The van der Waals surface area contributed by atoms with E-state index in [9.17, 15) is 8.42 Å². The third-order valence-corrected chi connectivity index (χ3v) is 6.36. The lowest BCUT2D eigenvalue weighted by Gasteiger charge is -2.19. The van der Waals surface area contributed by atoms with E-state index in [4.69, 9.17) is 0 Å². The van der Waals surface area contributed by atoms with Crippen LogP contribution in [-0.4, -0.2) is 28.8 Å². The van der Waals surface area contributed by atoms with Crippen molar-refractivity contribution in [2.24, 2.45) is 0 Å². The van der Waals surface area contributed by atoms with Crippen LogP contribution < -0.4 is 0 Å². The molecule has 24 heavy (non-hydrogen) atoms. The van der Waals surface area contributed by atoms with Gasteiger partial charge in [-0.25, -0.2) is 13.4 Å². The molecule has 1 aliphatic rings. The lowest BCUT2D eigenvalue weighted by molar-refractivity contribution is 0.407. The number of sulfonamides is 1. The van der Waals surface area contributed by atoms with Crippen LogP contribution in [0.5, 0.6) is 0 Å². The van der Waals surface area contributed by atoms with Gasteiger partial charge in [0.2, 0.25) is 10.0 Å². The van der Waals surface area contributed by atoms with Crippen molar-refractivity contribution in [2.45, 2.75) is 31.3 Å². The Morgan fingerprint density at radius 3 is 2.54 bits per heavy atom. The van der Waals surface area contributed by atoms with Gasteiger partial charge in [-0.15, -0.1) is 0 Å². The lowest BCUT2D eigenvalue weighted by atomic mass is 10.2. The molecule has 4 rings (SSSR count). The minimum atomic E-state index is -3.50. The summed E-state index contributed by atoms with van der Waals surface area (Å²) >= 11 is 0. The van der Waals surface area contributed by atoms with Gasteiger partial charge in [-0.05, 0) is 37.6 Å². The zero-order valence-corrected chi connectivity index (χ0v) is 14.3. The molecule has 0 aliphatic carbocycles. The molecule has 0 radical (unpaired) electrons. The summed E-state index contributed by atoms with van der Waals surface area (Å²) in [5.41, 5.74) is 3.04. The van der Waals surface area contributed by atoms with Crippen molar-refractivity contribution in [2.75, 3.05) is 6.54 Å². The van der Waals surface area contributed by atoms with E-state index in [1.807, 2.05) is 43.3 Å². The normalized spacial score (nSPS) is 16.0. The monoisotopic (exact) mass is 341 g/mol. The topological polar surface area (TPSA) is 55.2 Å². The SMILES string of the molecule is Cc1ccc(S(=O)(=O)N2CCCn3c(nc4ccccc43)C2)cc1. The van der Waals surface area contributed by atoms with E-state index >= 15 is 0 Å². The number of aromatic nitrogens is 2. The van der Waals surface area contributed by atoms with Crippen molar-refractivity contribution in [1.29, 1.82) is 0 Å². The number of para-hydroxylation sites is 2. The van der Waals surface area contributed by atoms with E-state index in [1.54, 1.807) is 16.4 Å². The predicted octanol–water partition coefficient (Wildman–Crippen LogP) is 2.94. The van der Waals surface area contributed by atoms with E-state index in [0.717, 1.165) is 35.4 Å². The number of fused-ring (bicyclic) bond motifs is 3. The molecule has 1 aromatic heterocycles. The first-order chi connectivity index (χ1) is 11.6. The van der Waals surface area contributed by atoms with Gasteiger partial charge in [0, 0.05) is 13.1 Å². The van der Waals surface area contributed by atoms with E-state index < -0.39 is 10.0 Å². The average Bonchev–Trinajstić information content (AvgIpc) is 2.78. The average molecular weight is 341 g/mol. The highest BCUT2D eigenvalue weighted by Crippen LogP contribution is 2.24. The molecule has 6 heteroatoms. The molecule has 1 aliphatic heterocycles. The molecule has 0 N–H and O–H groups in total. The van der Waals surface area contributed by atoms with E-state index in [1.165, 1.54) is 0 Å². The molecule has 0 bridgehead atoms. The van der Waals surface area contributed by atoms with Crippen molar-refractivity contribution in [3.8, 4) is 0 Å². The molecular formula is C18H19N3O2S. The highest BCUT2D eigenvalue weighted by molar-refractivity contribution is 7.89. The number of hydrogen-bond acceptors (Lipinski definition) is 3. The van der Waals surface area contributed by atoms with Crippen LogP contribution in [0, 0.1) is 6.92 Å². The number of imidazole rings is 1. The quantitative estimate of drug-likeness (QED) is 0.720. The Labute approximate surface area is 141 Å². The van der Waals surface area contributed by atoms with Crippen LogP contribution in [0.1, 0.15) is 17.8 Å². The van der Waals surface area contributed by atoms with Gasteiger partial charge >= 0.3 is 0 Å². The maximum absolute atomic E-state index is 13.0. The van der Waals surface area contributed by atoms with Crippen LogP contribution in [-0.2, 0) is 23.1 Å². The van der Waals surface area contributed by atoms with Gasteiger partial charge in [-0.1, -0.05) is 29.8 Å². The summed E-state index contributed by atoms with van der Waals surface area (Å²) in [6.45, 7) is 3.55. The van der Waals surface area contributed by atoms with Gasteiger partial charge in [0.15, 0.2) is 0 Å². The first-order valence-corrected chi connectivity index (χ1v) is 9.51. The van der Waals surface area contributed by atoms with Crippen LogP contribution in [0.3, 0.4) is 0 Å². The molecule has 2 heterocycles. The standard InChI is InChI=1S/C18H19N3O2S/c1-14-7-9-15(10-8-14)24(22,23)20-11-4-12-21-17-6-3-2-5-16(17)19-18(21)13-20/h2-3,5-10H,4,11-13H2,1H3. The summed E-state index contributed by atoms with van der Waals surface area (Å²) in [7, 11) is -3.50. The van der Waals surface area contributed by atoms with Crippen LogP contribution in [0.25, 0.3) is 11.0 Å². The van der Waals surface area contributed by atoms with Crippen molar-refractivity contribution in [1.82, 2.24) is 13.9 Å². The molecule has 0 unspecified atom stereocenters. The second kappa shape index (κ2) is 5.72. The minimum Gasteiger partial charge on any atom is -0.327 e. The predicted molar refractivity (Wildman–Crippen MR) is 93.1 cm³/mol. The third kappa shape index (κ3) is 2.52. The van der Waals surface area contributed by atoms with Gasteiger partial charge in [0.25, 0.3) is 0 Å². The summed E-state index contributed by atoms with van der Waals surface area (Å²) in [6.07, 6.45) is 0.776. The molecule has 0 saturated heterocycles. The largest absolute Gasteiger partial charge is 0.327 e. The number of nitrogens with zero attached hydrogens (tertiary/aromatic N) is 3. The molecular weight excluding hydrogens is 322 g/mol. The fourth-order valence-corrected chi connectivity index (χ4v) is 4.64. The maximum Gasteiger partial charge on any atom is 0.243 e. The van der Waals surface area contributed by atoms with Gasteiger partial charge in [-0.3, -0.25) is 0 Å². The number of aryl methyl sites for hydroxylation is 2. The Kier molecular flexibility index (Phi) is 3.66. The summed E-state index contributed by atoms with van der Waals surface area (Å²) in [5, 5.41) is 0. The Bertz CT molecular complexity index is 991. The maximum atomic E-state index is 13.0. The Hall–Kier alpha value is -2.18. The zero-order valence-electron chi connectivity index (χ0n) is 13.5. The first kappa shape index (κ1) is 15.4. The number of rotatable bonds is 2. The highest BCUT2D eigenvalue weighted by atomic mass is 32.2. The molecule has 0 fully saturated rings. The van der Waals surface area contributed by atoms with Gasteiger partial charge in [-0.2, -0.15) is 4.31 Å². The van der Waals surface area contributed by atoms with Gasteiger partial charge in [0.05, 0.1) is 22.5 Å². The molecule has 0 saturated carbocycles. The lowest BCUT2D eigenvalue weighted by Crippen LogP contribution is -2.31. The molecule has 0 atom stereocenters. The second-order valence-electron chi connectivity index (χ2n) is 6.17. The second-order valence-corrected chi connectivity index (χ2v) is 8.11. The van der Waals surface area contributed by atoms with E-state index in [2.05, 4.69) is 9.55 Å². The molecule has 5 nitrogen and oxygen atoms in total. The van der Waals surface area contributed by atoms with Crippen molar-refractivity contribution in [3.05, 3.63) is 59.9 Å². The number of hydrogen-bond donors (Lipinski definition) is 0. The van der Waals surface area contributed by atoms with Gasteiger partial charge < -0.3 is 4.57 Å². The minimum absolute atomic E-state index is 0.310. The van der Waals surface area contributed by atoms with Crippen molar-refractivity contribution >= 4 is 21.1 Å². The molecule has 2 aromatic carbocycles.